The van der Waals surface area contributed by atoms with E-state index < -0.39 is 11.9 Å². The zero-order valence-electron chi connectivity index (χ0n) is 41.8. The van der Waals surface area contributed by atoms with Crippen LogP contribution in [0.5, 0.6) is 0 Å². The number of hydrogen-bond donors (Lipinski definition) is 2. The van der Waals surface area contributed by atoms with Gasteiger partial charge in [-0.3, -0.25) is 9.59 Å². The first-order chi connectivity index (χ1) is 29.8. The number of hydrogen-bond acceptors (Lipinski definition) is 3. The lowest BCUT2D eigenvalue weighted by atomic mass is 10.0. The molecular weight excluding hydrogens is 751 g/mol. The van der Waals surface area contributed by atoms with Gasteiger partial charge in [0.25, 0.3) is 0 Å². The Balaban J connectivity index is -0.000000828. The van der Waals surface area contributed by atoms with Crippen molar-refractivity contribution in [3.05, 3.63) is 48.6 Å². The summed E-state index contributed by atoms with van der Waals surface area (Å²) in [5.74, 6) is -1.34. The molecule has 0 aromatic rings. The topological polar surface area (TPSA) is 77.8 Å². The lowest BCUT2D eigenvalue weighted by molar-refractivity contribution is -0.138. The molecule has 0 atom stereocenters. The van der Waals surface area contributed by atoms with Crippen LogP contribution in [0.1, 0.15) is 278 Å². The van der Waals surface area contributed by atoms with E-state index in [-0.39, 0.29) is 0 Å². The van der Waals surface area contributed by atoms with Gasteiger partial charge in [0.05, 0.1) is 0 Å². The van der Waals surface area contributed by atoms with Gasteiger partial charge in [0.15, 0.2) is 0 Å². The highest BCUT2D eigenvalue weighted by atomic mass is 16.4. The molecule has 0 unspecified atom stereocenters. The molecule has 0 aromatic heterocycles. The molecule has 0 saturated carbocycles. The third kappa shape index (κ3) is 72.6. The Morgan fingerprint density at radius 3 is 0.836 bits per heavy atom. The van der Waals surface area contributed by atoms with E-state index in [4.69, 9.17) is 10.2 Å². The number of nitrogens with zero attached hydrogens (tertiary/aromatic N) is 1. The predicted molar refractivity (Wildman–Crippen MR) is 272 cm³/mol. The molecule has 0 aromatic carbocycles. The van der Waals surface area contributed by atoms with Crippen molar-refractivity contribution in [3.8, 4) is 0 Å². The molecule has 61 heavy (non-hydrogen) atoms. The Morgan fingerprint density at radius 2 is 0.557 bits per heavy atom. The number of unbranched alkanes of at least 4 members (excludes halogenated alkanes) is 31. The van der Waals surface area contributed by atoms with Crippen LogP contribution < -0.4 is 0 Å². The molecule has 0 heterocycles. The van der Waals surface area contributed by atoms with E-state index in [1.165, 1.54) is 199 Å². The normalized spacial score (nSPS) is 11.6. The van der Waals surface area contributed by atoms with Gasteiger partial charge >= 0.3 is 11.9 Å². The van der Waals surface area contributed by atoms with E-state index in [0.717, 1.165) is 51.4 Å². The van der Waals surface area contributed by atoms with Crippen molar-refractivity contribution in [2.45, 2.75) is 278 Å². The highest BCUT2D eigenvalue weighted by molar-refractivity contribution is 5.66. The van der Waals surface area contributed by atoms with Gasteiger partial charge in [-0.1, -0.05) is 230 Å². The molecule has 0 rings (SSSR count). The third-order valence-electron chi connectivity index (χ3n) is 11.1. The maximum absolute atomic E-state index is 10.3. The van der Waals surface area contributed by atoms with Crippen LogP contribution in [0.3, 0.4) is 0 Å². The fourth-order valence-corrected chi connectivity index (χ4v) is 7.15. The number of rotatable bonds is 45. The molecule has 0 aliphatic heterocycles. The first-order valence-electron chi connectivity index (χ1n) is 26.5. The average molecular weight is 858 g/mol. The molecule has 0 radical (unpaired) electrons. The average Bonchev–Trinajstić information content (AvgIpc) is 3.23. The van der Waals surface area contributed by atoms with E-state index in [0.29, 0.717) is 12.8 Å². The molecule has 0 aliphatic rings. The Kier molecular flexibility index (Phi) is 62.1. The smallest absolute Gasteiger partial charge is 0.303 e. The molecule has 5 nitrogen and oxygen atoms in total. The van der Waals surface area contributed by atoms with E-state index in [9.17, 15) is 9.59 Å². The SMILES string of the molecule is CCCCCC=CCC=CCCCCCCCC(=O)O.CCCCCC=CCC=CCCCCCCCC(=O)O.CCCCCCCCCCCCCCCCCCN(C)C. The fourth-order valence-electron chi connectivity index (χ4n) is 7.15. The van der Waals surface area contributed by atoms with E-state index >= 15 is 0 Å². The van der Waals surface area contributed by atoms with Crippen molar-refractivity contribution in [1.29, 1.82) is 0 Å². The largest absolute Gasteiger partial charge is 0.481 e. The summed E-state index contributed by atoms with van der Waals surface area (Å²) < 4.78 is 0. The molecule has 0 bridgehead atoms. The molecule has 0 aliphatic carbocycles. The van der Waals surface area contributed by atoms with Crippen molar-refractivity contribution in [2.75, 3.05) is 20.6 Å². The molecule has 0 fully saturated rings. The quantitative estimate of drug-likeness (QED) is 0.0471. The van der Waals surface area contributed by atoms with Crippen LogP contribution in [0, 0.1) is 0 Å². The summed E-state index contributed by atoms with van der Waals surface area (Å²) in [6, 6.07) is 0. The highest BCUT2D eigenvalue weighted by Gasteiger charge is 1.98. The minimum atomic E-state index is -0.671. The van der Waals surface area contributed by atoms with Gasteiger partial charge in [-0.05, 0) is 104 Å². The zero-order valence-corrected chi connectivity index (χ0v) is 41.8. The highest BCUT2D eigenvalue weighted by Crippen LogP contribution is 2.14. The summed E-state index contributed by atoms with van der Waals surface area (Å²) >= 11 is 0. The van der Waals surface area contributed by atoms with Crippen molar-refractivity contribution in [1.82, 2.24) is 4.90 Å². The first kappa shape index (κ1) is 63.2. The number of carbonyl (C=O) groups is 2. The van der Waals surface area contributed by atoms with Crippen LogP contribution in [-0.4, -0.2) is 47.7 Å². The minimum absolute atomic E-state index is 0.324. The molecule has 360 valence electrons. The van der Waals surface area contributed by atoms with Crippen LogP contribution in [0.4, 0.5) is 0 Å². The lowest BCUT2D eigenvalue weighted by Crippen LogP contribution is -2.12. The van der Waals surface area contributed by atoms with Crippen molar-refractivity contribution in [3.63, 3.8) is 0 Å². The Morgan fingerprint density at radius 1 is 0.328 bits per heavy atom. The van der Waals surface area contributed by atoms with Gasteiger partial charge in [0.1, 0.15) is 0 Å². The molecule has 0 saturated heterocycles. The van der Waals surface area contributed by atoms with Gasteiger partial charge in [-0.25, -0.2) is 0 Å². The van der Waals surface area contributed by atoms with Gasteiger partial charge in [-0.15, -0.1) is 0 Å². The number of aliphatic carboxylic acids is 2. The van der Waals surface area contributed by atoms with Crippen molar-refractivity contribution >= 4 is 11.9 Å². The van der Waals surface area contributed by atoms with Crippen LogP contribution in [0.25, 0.3) is 0 Å². The molecule has 5 heteroatoms. The monoisotopic (exact) mass is 858 g/mol. The maximum Gasteiger partial charge on any atom is 0.303 e. The van der Waals surface area contributed by atoms with E-state index in [1.807, 2.05) is 0 Å². The van der Waals surface area contributed by atoms with Crippen molar-refractivity contribution in [2.24, 2.45) is 0 Å². The predicted octanol–water partition coefficient (Wildman–Crippen LogP) is 18.6. The van der Waals surface area contributed by atoms with Gasteiger partial charge < -0.3 is 15.1 Å². The molecule has 2 N–H and O–H groups in total. The maximum atomic E-state index is 10.3. The van der Waals surface area contributed by atoms with Gasteiger partial charge in [0, 0.05) is 12.8 Å². The summed E-state index contributed by atoms with van der Waals surface area (Å²) in [5, 5.41) is 17.0. The summed E-state index contributed by atoms with van der Waals surface area (Å²) in [4.78, 5) is 22.9. The standard InChI is InChI=1S/C20H43N.2C18H32O2/c1-4-5-6-7-8-9-10-11-12-13-14-15-16-17-18-19-20-21(2)3;2*1-2-3-4-5-6-7-8-9-10-11-12-13-14-15-16-17-18(19)20/h4-20H2,1-3H3;2*6-7,9-10H,2-5,8,11-17H2,1H3,(H,19,20). The molecule has 0 spiro atoms. The van der Waals surface area contributed by atoms with Crippen LogP contribution >= 0.6 is 0 Å². The van der Waals surface area contributed by atoms with Crippen LogP contribution in [0.2, 0.25) is 0 Å². The van der Waals surface area contributed by atoms with Crippen LogP contribution in [-0.2, 0) is 9.59 Å². The summed E-state index contributed by atoms with van der Waals surface area (Å²) in [6.45, 7) is 8.03. The zero-order chi connectivity index (χ0) is 45.4. The van der Waals surface area contributed by atoms with Crippen molar-refractivity contribution < 1.29 is 19.8 Å². The summed E-state index contributed by atoms with van der Waals surface area (Å²) in [7, 11) is 4.34. The minimum Gasteiger partial charge on any atom is -0.481 e. The fraction of sp³-hybridized carbons (Fsp3) is 0.821. The Bertz CT molecular complexity index is 896. The first-order valence-corrected chi connectivity index (χ1v) is 26.5. The summed E-state index contributed by atoms with van der Waals surface area (Å²) in [6.07, 6.45) is 67.9. The second-order valence-electron chi connectivity index (χ2n) is 17.9. The second-order valence-corrected chi connectivity index (χ2v) is 17.9. The number of carboxylic acid groups (broad SMARTS) is 2. The lowest BCUT2D eigenvalue weighted by Gasteiger charge is -2.08. The van der Waals surface area contributed by atoms with Gasteiger partial charge in [0.2, 0.25) is 0 Å². The molecular formula is C56H107NO4. The number of allylic oxidation sites excluding steroid dienone is 8. The molecule has 0 amide bonds. The van der Waals surface area contributed by atoms with E-state index in [2.05, 4.69) is 88.4 Å². The third-order valence-corrected chi connectivity index (χ3v) is 11.1. The van der Waals surface area contributed by atoms with Crippen LogP contribution in [0.15, 0.2) is 48.6 Å². The second kappa shape index (κ2) is 60.0. The number of carboxylic acids is 2. The van der Waals surface area contributed by atoms with Gasteiger partial charge in [-0.2, -0.15) is 0 Å². The summed E-state index contributed by atoms with van der Waals surface area (Å²) in [5.41, 5.74) is 0. The van der Waals surface area contributed by atoms with E-state index in [1.54, 1.807) is 0 Å². The Labute approximate surface area is 382 Å². The Hall–Kier alpha value is -2.14.